The number of carbonyl (C=O) groups is 1. The van der Waals surface area contributed by atoms with E-state index in [0.717, 1.165) is 42.9 Å². The molecule has 1 aliphatic rings. The number of fused-ring (bicyclic) bond motifs is 1. The topological polar surface area (TPSA) is 94.4 Å². The Kier molecular flexibility index (Phi) is 7.43. The van der Waals surface area contributed by atoms with Crippen molar-refractivity contribution in [2.24, 2.45) is 0 Å². The number of nitrogens with zero attached hydrogens (tertiary/aromatic N) is 5. The summed E-state index contributed by atoms with van der Waals surface area (Å²) in [6, 6.07) is 17.7. The summed E-state index contributed by atoms with van der Waals surface area (Å²) in [6.07, 6.45) is 1.83. The lowest BCUT2D eigenvalue weighted by atomic mass is 10.0. The smallest absolute Gasteiger partial charge is 0.243 e. The van der Waals surface area contributed by atoms with Gasteiger partial charge in [0.15, 0.2) is 11.7 Å². The van der Waals surface area contributed by atoms with Gasteiger partial charge < -0.3 is 19.9 Å². The van der Waals surface area contributed by atoms with Crippen LogP contribution in [0.4, 0.5) is 11.5 Å². The summed E-state index contributed by atoms with van der Waals surface area (Å²) in [6.45, 7) is 5.50. The van der Waals surface area contributed by atoms with Gasteiger partial charge in [0, 0.05) is 32.7 Å². The second-order valence-electron chi connectivity index (χ2n) is 8.27. The minimum atomic E-state index is -1.02. The zero-order valence-electron chi connectivity index (χ0n) is 19.7. The summed E-state index contributed by atoms with van der Waals surface area (Å²) in [5, 5.41) is 12.8. The fraction of sp³-hybridized carbons (Fsp3) is 0.385. The zero-order chi connectivity index (χ0) is 23.9. The van der Waals surface area contributed by atoms with Gasteiger partial charge in [0.2, 0.25) is 5.91 Å². The van der Waals surface area contributed by atoms with Crippen molar-refractivity contribution < 1.29 is 9.53 Å². The van der Waals surface area contributed by atoms with Gasteiger partial charge in [-0.2, -0.15) is 5.26 Å². The highest BCUT2D eigenvalue weighted by Gasteiger charge is 2.30. The number of para-hydroxylation sites is 4. The Morgan fingerprint density at radius 3 is 2.38 bits per heavy atom. The Balaban J connectivity index is 1.63. The molecule has 176 valence electrons. The number of benzene rings is 2. The highest BCUT2D eigenvalue weighted by molar-refractivity contribution is 5.88. The average molecular weight is 459 g/mol. The molecule has 4 rings (SSSR count). The van der Waals surface area contributed by atoms with E-state index in [1.54, 1.807) is 7.11 Å². The molecule has 8 nitrogen and oxygen atoms in total. The monoisotopic (exact) mass is 458 g/mol. The lowest BCUT2D eigenvalue weighted by Gasteiger charge is -2.38. The van der Waals surface area contributed by atoms with Crippen molar-refractivity contribution in [1.82, 2.24) is 15.3 Å². The fourth-order valence-corrected chi connectivity index (χ4v) is 4.22. The van der Waals surface area contributed by atoms with E-state index in [-0.39, 0.29) is 5.91 Å². The number of rotatable bonds is 8. The molecule has 0 spiro atoms. The number of ether oxygens (including phenoxy) is 1. The first-order valence-corrected chi connectivity index (χ1v) is 11.7. The minimum Gasteiger partial charge on any atom is -0.495 e. The van der Waals surface area contributed by atoms with Gasteiger partial charge >= 0.3 is 0 Å². The highest BCUT2D eigenvalue weighted by atomic mass is 16.5. The van der Waals surface area contributed by atoms with Gasteiger partial charge in [-0.1, -0.05) is 37.6 Å². The van der Waals surface area contributed by atoms with Crippen LogP contribution in [0.3, 0.4) is 0 Å². The molecule has 0 saturated carbocycles. The lowest BCUT2D eigenvalue weighted by molar-refractivity contribution is -0.121. The second kappa shape index (κ2) is 10.8. The quantitative estimate of drug-likeness (QED) is 0.516. The average Bonchev–Trinajstić information content (AvgIpc) is 2.89. The Bertz CT molecular complexity index is 1180. The summed E-state index contributed by atoms with van der Waals surface area (Å²) in [7, 11) is 1.68. The van der Waals surface area contributed by atoms with Gasteiger partial charge in [-0.25, -0.2) is 9.97 Å². The van der Waals surface area contributed by atoms with Gasteiger partial charge in [-0.05, 0) is 30.7 Å². The van der Waals surface area contributed by atoms with Crippen molar-refractivity contribution in [1.29, 1.82) is 5.26 Å². The summed E-state index contributed by atoms with van der Waals surface area (Å²) < 4.78 is 5.53. The number of nitrogens with one attached hydrogen (secondary N) is 1. The van der Waals surface area contributed by atoms with Crippen molar-refractivity contribution >= 4 is 28.4 Å². The molecule has 1 fully saturated rings. The van der Waals surface area contributed by atoms with Crippen LogP contribution in [0.2, 0.25) is 0 Å². The van der Waals surface area contributed by atoms with Crippen molar-refractivity contribution in [3.05, 3.63) is 54.2 Å². The molecule has 2 aromatic carbocycles. The number of nitriles is 1. The number of hydrogen-bond acceptors (Lipinski definition) is 7. The summed E-state index contributed by atoms with van der Waals surface area (Å²) in [5.74, 6) is 0.108. The van der Waals surface area contributed by atoms with Crippen molar-refractivity contribution in [3.8, 4) is 11.8 Å². The maximum atomic E-state index is 12.9. The third-order valence-corrected chi connectivity index (χ3v) is 6.08. The number of piperazine rings is 1. The lowest BCUT2D eigenvalue weighted by Crippen LogP contribution is -2.47. The molecule has 0 unspecified atom stereocenters. The van der Waals surface area contributed by atoms with E-state index in [4.69, 9.17) is 14.7 Å². The van der Waals surface area contributed by atoms with Gasteiger partial charge in [-0.3, -0.25) is 4.79 Å². The first-order valence-electron chi connectivity index (χ1n) is 11.7. The third-order valence-electron chi connectivity index (χ3n) is 6.08. The van der Waals surface area contributed by atoms with E-state index in [1.807, 2.05) is 42.5 Å². The summed E-state index contributed by atoms with van der Waals surface area (Å²) in [5.41, 5.74) is 2.90. The van der Waals surface area contributed by atoms with E-state index in [0.29, 0.717) is 36.7 Å². The van der Waals surface area contributed by atoms with Gasteiger partial charge in [-0.15, -0.1) is 0 Å². The number of carbonyl (C=O) groups excluding carboxylic acids is 1. The van der Waals surface area contributed by atoms with Crippen LogP contribution in [-0.4, -0.2) is 55.7 Å². The van der Waals surface area contributed by atoms with Gasteiger partial charge in [0.25, 0.3) is 0 Å². The number of hydrogen-bond donors (Lipinski definition) is 1. The largest absolute Gasteiger partial charge is 0.495 e. The third kappa shape index (κ3) is 4.88. The van der Waals surface area contributed by atoms with Crippen molar-refractivity contribution in [2.45, 2.75) is 25.7 Å². The second-order valence-corrected chi connectivity index (χ2v) is 8.27. The van der Waals surface area contributed by atoms with Gasteiger partial charge in [0.05, 0.1) is 29.9 Å². The van der Waals surface area contributed by atoms with Gasteiger partial charge in [0.1, 0.15) is 11.4 Å². The molecule has 34 heavy (non-hydrogen) atoms. The normalized spacial score (nSPS) is 14.5. The molecule has 3 aromatic rings. The molecule has 1 aliphatic heterocycles. The van der Waals surface area contributed by atoms with E-state index in [1.165, 1.54) is 0 Å². The molecule has 1 amide bonds. The van der Waals surface area contributed by atoms with Crippen LogP contribution in [0.25, 0.3) is 11.0 Å². The molecule has 8 heteroatoms. The molecule has 1 N–H and O–H groups in total. The van der Waals surface area contributed by atoms with Crippen LogP contribution in [0.15, 0.2) is 48.5 Å². The summed E-state index contributed by atoms with van der Waals surface area (Å²) >= 11 is 0. The van der Waals surface area contributed by atoms with Crippen molar-refractivity contribution in [3.63, 3.8) is 0 Å². The Labute approximate surface area is 200 Å². The van der Waals surface area contributed by atoms with E-state index < -0.39 is 5.92 Å². The van der Waals surface area contributed by atoms with Crippen LogP contribution in [0, 0.1) is 11.3 Å². The molecule has 0 aliphatic carbocycles. The van der Waals surface area contributed by atoms with E-state index in [9.17, 15) is 10.1 Å². The molecule has 0 radical (unpaired) electrons. The first kappa shape index (κ1) is 23.3. The number of anilines is 2. The number of aromatic nitrogens is 2. The summed E-state index contributed by atoms with van der Waals surface area (Å²) in [4.78, 5) is 26.9. The number of amides is 1. The number of methoxy groups -OCH3 is 1. The zero-order valence-corrected chi connectivity index (χ0v) is 19.7. The predicted octanol–water partition coefficient (Wildman–Crippen LogP) is 3.49. The van der Waals surface area contributed by atoms with Crippen LogP contribution in [-0.2, 0) is 4.79 Å². The predicted molar refractivity (Wildman–Crippen MR) is 133 cm³/mol. The van der Waals surface area contributed by atoms with Crippen LogP contribution in [0.5, 0.6) is 5.75 Å². The number of unbranched alkanes of at least 4 members (excludes halogenated alkanes) is 1. The van der Waals surface area contributed by atoms with Crippen LogP contribution >= 0.6 is 0 Å². The van der Waals surface area contributed by atoms with Crippen LogP contribution < -0.4 is 19.9 Å². The SMILES string of the molecule is CCCCNC(=O)[C@@H](C#N)c1nc2ccccc2nc1N1CCN(c2ccccc2OC)CC1. The van der Waals surface area contributed by atoms with Crippen LogP contribution in [0.1, 0.15) is 31.4 Å². The van der Waals surface area contributed by atoms with E-state index in [2.05, 4.69) is 34.2 Å². The minimum absolute atomic E-state index is 0.325. The first-order chi connectivity index (χ1) is 16.7. The highest BCUT2D eigenvalue weighted by Crippen LogP contribution is 2.31. The molecular formula is C26H30N6O2. The molecule has 1 atom stereocenters. The molecule has 2 heterocycles. The molecule has 1 aromatic heterocycles. The van der Waals surface area contributed by atoms with E-state index >= 15 is 0 Å². The molecule has 1 saturated heterocycles. The molecular weight excluding hydrogens is 428 g/mol. The van der Waals surface area contributed by atoms with Crippen molar-refractivity contribution in [2.75, 3.05) is 49.6 Å². The maximum Gasteiger partial charge on any atom is 0.243 e. The maximum absolute atomic E-state index is 12.9. The fourth-order valence-electron chi connectivity index (χ4n) is 4.22. The Hall–Kier alpha value is -3.86. The Morgan fingerprint density at radius 1 is 1.06 bits per heavy atom. The molecule has 0 bridgehead atoms. The Morgan fingerprint density at radius 2 is 1.71 bits per heavy atom. The standard InChI is InChI=1S/C26H30N6O2/c1-3-4-13-28-26(33)19(18-27)24-25(30-21-10-6-5-9-20(21)29-24)32-16-14-31(15-17-32)22-11-7-8-12-23(22)34-2/h5-12,19H,3-4,13-17H2,1-2H3,(H,28,33)/t19-/m0/s1.